The summed E-state index contributed by atoms with van der Waals surface area (Å²) in [5, 5.41) is 3.01. The number of nitrogens with one attached hydrogen (secondary N) is 1. The summed E-state index contributed by atoms with van der Waals surface area (Å²) in [4.78, 5) is 22.2. The van der Waals surface area contributed by atoms with Crippen molar-refractivity contribution in [3.05, 3.63) is 34.9 Å². The van der Waals surface area contributed by atoms with Gasteiger partial charge in [0.2, 0.25) is 5.91 Å². The SMILES string of the molecule is CC(NC(=O)c1ccc(Cl)cc1)C(N)=O. The standard InChI is InChI=1S/C10H11ClN2O2/c1-6(9(12)14)13-10(15)7-2-4-8(11)5-3-7/h2-6H,1H3,(H2,12,14)(H,13,15). The van der Waals surface area contributed by atoms with E-state index in [0.717, 1.165) is 0 Å². The second-order valence-corrected chi connectivity index (χ2v) is 3.54. The lowest BCUT2D eigenvalue weighted by Gasteiger charge is -2.09. The normalized spacial score (nSPS) is 11.9. The van der Waals surface area contributed by atoms with Gasteiger partial charge in [-0.3, -0.25) is 9.59 Å². The van der Waals surface area contributed by atoms with Gasteiger partial charge in [-0.15, -0.1) is 0 Å². The quantitative estimate of drug-likeness (QED) is 0.805. The Bertz CT molecular complexity index is 376. The predicted molar refractivity (Wildman–Crippen MR) is 57.6 cm³/mol. The van der Waals surface area contributed by atoms with Crippen LogP contribution in [0.25, 0.3) is 0 Å². The van der Waals surface area contributed by atoms with Crippen LogP contribution in [0.15, 0.2) is 24.3 Å². The highest BCUT2D eigenvalue weighted by molar-refractivity contribution is 6.30. The van der Waals surface area contributed by atoms with Crippen LogP contribution in [0.4, 0.5) is 0 Å². The van der Waals surface area contributed by atoms with Crippen LogP contribution in [0, 0.1) is 0 Å². The zero-order valence-electron chi connectivity index (χ0n) is 8.16. The van der Waals surface area contributed by atoms with Gasteiger partial charge < -0.3 is 11.1 Å². The molecule has 0 spiro atoms. The summed E-state index contributed by atoms with van der Waals surface area (Å²) >= 11 is 5.67. The number of nitrogens with two attached hydrogens (primary N) is 1. The molecule has 0 saturated heterocycles. The average molecular weight is 227 g/mol. The van der Waals surface area contributed by atoms with Gasteiger partial charge in [-0.05, 0) is 31.2 Å². The maximum absolute atomic E-state index is 11.5. The second kappa shape index (κ2) is 4.79. The minimum Gasteiger partial charge on any atom is -0.368 e. The number of primary amides is 1. The molecular weight excluding hydrogens is 216 g/mol. The van der Waals surface area contributed by atoms with E-state index in [1.807, 2.05) is 0 Å². The number of halogens is 1. The van der Waals surface area contributed by atoms with Gasteiger partial charge in [0.05, 0.1) is 0 Å². The highest BCUT2D eigenvalue weighted by Gasteiger charge is 2.13. The van der Waals surface area contributed by atoms with E-state index in [1.165, 1.54) is 6.92 Å². The molecule has 15 heavy (non-hydrogen) atoms. The van der Waals surface area contributed by atoms with E-state index in [2.05, 4.69) is 5.32 Å². The van der Waals surface area contributed by atoms with E-state index in [4.69, 9.17) is 17.3 Å². The van der Waals surface area contributed by atoms with Crippen LogP contribution in [-0.2, 0) is 4.79 Å². The monoisotopic (exact) mass is 226 g/mol. The van der Waals surface area contributed by atoms with Crippen molar-refractivity contribution in [2.45, 2.75) is 13.0 Å². The van der Waals surface area contributed by atoms with E-state index in [0.29, 0.717) is 10.6 Å². The van der Waals surface area contributed by atoms with Crippen LogP contribution >= 0.6 is 11.6 Å². The van der Waals surface area contributed by atoms with Gasteiger partial charge in [-0.25, -0.2) is 0 Å². The van der Waals surface area contributed by atoms with Crippen molar-refractivity contribution < 1.29 is 9.59 Å². The molecule has 1 unspecified atom stereocenters. The van der Waals surface area contributed by atoms with E-state index in [-0.39, 0.29) is 5.91 Å². The molecule has 0 fully saturated rings. The van der Waals surface area contributed by atoms with Crippen molar-refractivity contribution in [3.63, 3.8) is 0 Å². The van der Waals surface area contributed by atoms with Crippen molar-refractivity contribution >= 4 is 23.4 Å². The molecule has 0 aliphatic rings. The number of hydrogen-bond donors (Lipinski definition) is 2. The minimum absolute atomic E-state index is 0.349. The molecule has 0 saturated carbocycles. The first-order valence-electron chi connectivity index (χ1n) is 4.36. The zero-order chi connectivity index (χ0) is 11.4. The third-order valence-corrected chi connectivity index (χ3v) is 2.13. The molecule has 1 aromatic rings. The fraction of sp³-hybridized carbons (Fsp3) is 0.200. The highest BCUT2D eigenvalue weighted by Crippen LogP contribution is 2.09. The van der Waals surface area contributed by atoms with Crippen LogP contribution in [0.5, 0.6) is 0 Å². The smallest absolute Gasteiger partial charge is 0.251 e. The van der Waals surface area contributed by atoms with E-state index >= 15 is 0 Å². The topological polar surface area (TPSA) is 72.2 Å². The van der Waals surface area contributed by atoms with Gasteiger partial charge in [-0.2, -0.15) is 0 Å². The van der Waals surface area contributed by atoms with E-state index < -0.39 is 11.9 Å². The maximum Gasteiger partial charge on any atom is 0.251 e. The summed E-state index contributed by atoms with van der Waals surface area (Å²) in [6.45, 7) is 1.52. The van der Waals surface area contributed by atoms with Crippen LogP contribution in [0.3, 0.4) is 0 Å². The second-order valence-electron chi connectivity index (χ2n) is 3.10. The average Bonchev–Trinajstić information content (AvgIpc) is 2.18. The zero-order valence-corrected chi connectivity index (χ0v) is 8.91. The van der Waals surface area contributed by atoms with Gasteiger partial charge in [0.1, 0.15) is 6.04 Å². The molecule has 0 radical (unpaired) electrons. The molecule has 1 rings (SSSR count). The van der Waals surface area contributed by atoms with Crippen molar-refractivity contribution in [1.82, 2.24) is 5.32 Å². The Labute approximate surface area is 92.4 Å². The Hall–Kier alpha value is -1.55. The molecule has 0 aliphatic heterocycles. The number of rotatable bonds is 3. The van der Waals surface area contributed by atoms with Crippen molar-refractivity contribution in [1.29, 1.82) is 0 Å². The van der Waals surface area contributed by atoms with Crippen molar-refractivity contribution in [2.24, 2.45) is 5.73 Å². The molecule has 0 aliphatic carbocycles. The fourth-order valence-electron chi connectivity index (χ4n) is 0.952. The summed E-state index contributed by atoms with van der Waals surface area (Å²) in [6, 6.07) is 5.67. The molecule has 0 aromatic heterocycles. The highest BCUT2D eigenvalue weighted by atomic mass is 35.5. The minimum atomic E-state index is -0.687. The van der Waals surface area contributed by atoms with Gasteiger partial charge >= 0.3 is 0 Å². The van der Waals surface area contributed by atoms with Gasteiger partial charge in [0.25, 0.3) is 5.91 Å². The lowest BCUT2D eigenvalue weighted by Crippen LogP contribution is -2.42. The molecule has 5 heteroatoms. The molecular formula is C10H11ClN2O2. The Morgan fingerprint density at radius 1 is 1.33 bits per heavy atom. The van der Waals surface area contributed by atoms with E-state index in [1.54, 1.807) is 24.3 Å². The number of amides is 2. The van der Waals surface area contributed by atoms with Crippen LogP contribution in [0.2, 0.25) is 5.02 Å². The first-order chi connectivity index (χ1) is 7.00. The van der Waals surface area contributed by atoms with E-state index in [9.17, 15) is 9.59 Å². The predicted octanol–water partition coefficient (Wildman–Crippen LogP) is 0.944. The Kier molecular flexibility index (Phi) is 3.68. The van der Waals surface area contributed by atoms with Crippen LogP contribution < -0.4 is 11.1 Å². The molecule has 1 atom stereocenters. The van der Waals surface area contributed by atoms with Crippen LogP contribution in [0.1, 0.15) is 17.3 Å². The van der Waals surface area contributed by atoms with Gasteiger partial charge in [0.15, 0.2) is 0 Å². The number of benzene rings is 1. The fourth-order valence-corrected chi connectivity index (χ4v) is 1.08. The largest absolute Gasteiger partial charge is 0.368 e. The number of carbonyl (C=O) groups excluding carboxylic acids is 2. The molecule has 80 valence electrons. The maximum atomic E-state index is 11.5. The lowest BCUT2D eigenvalue weighted by molar-refractivity contribution is -0.119. The number of carbonyl (C=O) groups is 2. The molecule has 1 aromatic carbocycles. The summed E-state index contributed by atoms with van der Waals surface area (Å²) in [7, 11) is 0. The number of hydrogen-bond acceptors (Lipinski definition) is 2. The third-order valence-electron chi connectivity index (χ3n) is 1.88. The summed E-state index contributed by atoms with van der Waals surface area (Å²) in [6.07, 6.45) is 0. The van der Waals surface area contributed by atoms with Crippen molar-refractivity contribution in [2.75, 3.05) is 0 Å². The summed E-state index contributed by atoms with van der Waals surface area (Å²) < 4.78 is 0. The Balaban J connectivity index is 2.69. The molecule has 2 amide bonds. The molecule has 4 nitrogen and oxygen atoms in total. The first-order valence-corrected chi connectivity index (χ1v) is 4.74. The van der Waals surface area contributed by atoms with Gasteiger partial charge in [0, 0.05) is 10.6 Å². The summed E-state index contributed by atoms with van der Waals surface area (Å²) in [5.41, 5.74) is 5.45. The first kappa shape index (κ1) is 11.5. The molecule has 0 bridgehead atoms. The van der Waals surface area contributed by atoms with Gasteiger partial charge in [-0.1, -0.05) is 11.6 Å². The molecule has 0 heterocycles. The van der Waals surface area contributed by atoms with Crippen LogP contribution in [-0.4, -0.2) is 17.9 Å². The Morgan fingerprint density at radius 3 is 2.33 bits per heavy atom. The summed E-state index contributed by atoms with van der Waals surface area (Å²) in [5.74, 6) is -0.921. The molecule has 3 N–H and O–H groups in total. The Morgan fingerprint density at radius 2 is 1.87 bits per heavy atom. The van der Waals surface area contributed by atoms with Crippen molar-refractivity contribution in [3.8, 4) is 0 Å². The third kappa shape index (κ3) is 3.25. The lowest BCUT2D eigenvalue weighted by atomic mass is 10.2.